The zero-order valence-corrected chi connectivity index (χ0v) is 15.3. The van der Waals surface area contributed by atoms with Crippen LogP contribution in [0.5, 0.6) is 11.5 Å². The Morgan fingerprint density at radius 3 is 2.50 bits per heavy atom. The lowest BCUT2D eigenvalue weighted by molar-refractivity contribution is 0.174. The van der Waals surface area contributed by atoms with E-state index in [1.807, 2.05) is 0 Å². The van der Waals surface area contributed by atoms with Crippen molar-refractivity contribution in [1.29, 1.82) is 0 Å². The van der Waals surface area contributed by atoms with Crippen molar-refractivity contribution in [2.24, 2.45) is 11.1 Å². The monoisotopic (exact) mass is 395 g/mol. The zero-order valence-electron chi connectivity index (χ0n) is 13.8. The van der Waals surface area contributed by atoms with Crippen LogP contribution in [0, 0.1) is 5.41 Å². The molecule has 1 heterocycles. The summed E-state index contributed by atoms with van der Waals surface area (Å²) in [6.07, 6.45) is 0. The zero-order chi connectivity index (χ0) is 18.5. The Labute approximate surface area is 156 Å². The first-order valence-electron chi connectivity index (χ1n) is 8.14. The summed E-state index contributed by atoms with van der Waals surface area (Å²) < 4.78 is 37.1. The predicted octanol–water partition coefficient (Wildman–Crippen LogP) is 1.95. The molecule has 4 rings (SSSR count). The van der Waals surface area contributed by atoms with E-state index in [9.17, 15) is 13.5 Å². The van der Waals surface area contributed by atoms with Crippen LogP contribution in [0.2, 0.25) is 5.02 Å². The lowest BCUT2D eigenvalue weighted by Crippen LogP contribution is -2.27. The molecule has 2 aromatic rings. The molecule has 0 spiro atoms. The fourth-order valence-corrected chi connectivity index (χ4v) is 6.40. The van der Waals surface area contributed by atoms with Gasteiger partial charge in [-0.1, -0.05) is 17.7 Å². The standard InChI is InChI=1S/C18H18ClNO5S/c19-12-2-4-13(5-3-12)26(22,23)17-16(18(17,8-20)9-21)11-1-6-14-15(7-11)25-10-24-14/h1-7,16-17,21H,8-10,20H2/t16-,17+,18-/m1/s1. The highest BCUT2D eigenvalue weighted by molar-refractivity contribution is 7.92. The van der Waals surface area contributed by atoms with Gasteiger partial charge < -0.3 is 20.3 Å². The van der Waals surface area contributed by atoms with E-state index in [2.05, 4.69) is 0 Å². The van der Waals surface area contributed by atoms with Crippen LogP contribution in [0.25, 0.3) is 0 Å². The highest BCUT2D eigenvalue weighted by Crippen LogP contribution is 2.63. The van der Waals surface area contributed by atoms with E-state index < -0.39 is 26.4 Å². The van der Waals surface area contributed by atoms with Gasteiger partial charge in [0.2, 0.25) is 6.79 Å². The van der Waals surface area contributed by atoms with E-state index in [-0.39, 0.29) is 24.8 Å². The second-order valence-electron chi connectivity index (χ2n) is 6.61. The molecule has 0 aromatic heterocycles. The summed E-state index contributed by atoms with van der Waals surface area (Å²) >= 11 is 5.87. The molecule has 1 aliphatic heterocycles. The molecule has 26 heavy (non-hydrogen) atoms. The summed E-state index contributed by atoms with van der Waals surface area (Å²) in [5.41, 5.74) is 5.74. The normalized spacial score (nSPS) is 26.7. The fraction of sp³-hybridized carbons (Fsp3) is 0.333. The first-order valence-corrected chi connectivity index (χ1v) is 10.1. The number of sulfone groups is 1. The molecule has 1 saturated carbocycles. The van der Waals surface area contributed by atoms with Crippen LogP contribution in [0.1, 0.15) is 11.5 Å². The molecule has 3 atom stereocenters. The third-order valence-corrected chi connectivity index (χ3v) is 7.88. The van der Waals surface area contributed by atoms with Gasteiger partial charge in [-0.15, -0.1) is 0 Å². The van der Waals surface area contributed by atoms with Crippen LogP contribution in [0.15, 0.2) is 47.4 Å². The molecule has 1 fully saturated rings. The molecule has 3 N–H and O–H groups in total. The molecule has 0 saturated heterocycles. The van der Waals surface area contributed by atoms with Crippen molar-refractivity contribution >= 4 is 21.4 Å². The minimum absolute atomic E-state index is 0.0556. The Hall–Kier alpha value is -1.80. The number of rotatable bonds is 5. The van der Waals surface area contributed by atoms with Gasteiger partial charge in [0.1, 0.15) is 0 Å². The minimum Gasteiger partial charge on any atom is -0.454 e. The van der Waals surface area contributed by atoms with Gasteiger partial charge in [-0.3, -0.25) is 0 Å². The Bertz CT molecular complexity index is 941. The van der Waals surface area contributed by atoms with E-state index >= 15 is 0 Å². The Morgan fingerprint density at radius 1 is 1.15 bits per heavy atom. The van der Waals surface area contributed by atoms with Crippen molar-refractivity contribution in [3.63, 3.8) is 0 Å². The summed E-state index contributed by atoms with van der Waals surface area (Å²) in [5.74, 6) is 0.766. The maximum absolute atomic E-state index is 13.2. The number of hydrogen-bond donors (Lipinski definition) is 2. The molecule has 6 nitrogen and oxygen atoms in total. The van der Waals surface area contributed by atoms with E-state index in [1.54, 1.807) is 18.2 Å². The van der Waals surface area contributed by atoms with E-state index in [0.29, 0.717) is 16.5 Å². The van der Waals surface area contributed by atoms with Crippen LogP contribution >= 0.6 is 11.6 Å². The van der Waals surface area contributed by atoms with Crippen molar-refractivity contribution in [2.45, 2.75) is 16.1 Å². The second kappa shape index (κ2) is 6.13. The van der Waals surface area contributed by atoms with Crippen LogP contribution in [-0.2, 0) is 9.84 Å². The Morgan fingerprint density at radius 2 is 1.85 bits per heavy atom. The number of nitrogens with two attached hydrogens (primary N) is 1. The Kier molecular flexibility index (Phi) is 4.15. The maximum Gasteiger partial charge on any atom is 0.231 e. The number of benzene rings is 2. The highest BCUT2D eigenvalue weighted by atomic mass is 35.5. The molecule has 2 aliphatic rings. The SMILES string of the molecule is NC[C@@]1(CO)[C@H](c2ccc3c(c2)OCO3)[C@@H]1S(=O)(=O)c1ccc(Cl)cc1. The molecular weight excluding hydrogens is 378 g/mol. The average molecular weight is 396 g/mol. The quantitative estimate of drug-likeness (QED) is 0.802. The van der Waals surface area contributed by atoms with Crippen molar-refractivity contribution in [1.82, 2.24) is 0 Å². The highest BCUT2D eigenvalue weighted by Gasteiger charge is 2.70. The molecule has 1 aliphatic carbocycles. The van der Waals surface area contributed by atoms with Crippen LogP contribution in [-0.4, -0.2) is 38.7 Å². The third-order valence-electron chi connectivity index (χ3n) is 5.29. The number of hydrogen-bond acceptors (Lipinski definition) is 6. The molecule has 0 bridgehead atoms. The number of fused-ring (bicyclic) bond motifs is 1. The van der Waals surface area contributed by atoms with Gasteiger partial charge in [-0.25, -0.2) is 8.42 Å². The van der Waals surface area contributed by atoms with Crippen molar-refractivity contribution in [3.05, 3.63) is 53.1 Å². The van der Waals surface area contributed by atoms with Gasteiger partial charge in [0.15, 0.2) is 21.3 Å². The van der Waals surface area contributed by atoms with E-state index in [4.69, 9.17) is 26.8 Å². The first kappa shape index (κ1) is 17.6. The lowest BCUT2D eigenvalue weighted by Gasteiger charge is -2.12. The molecular formula is C18H18ClNO5S. The van der Waals surface area contributed by atoms with Crippen LogP contribution in [0.3, 0.4) is 0 Å². The van der Waals surface area contributed by atoms with Crippen molar-refractivity contribution in [2.75, 3.05) is 19.9 Å². The molecule has 0 radical (unpaired) electrons. The number of ether oxygens (including phenoxy) is 2. The average Bonchev–Trinajstić information content (AvgIpc) is 3.12. The number of aliphatic hydroxyl groups excluding tert-OH is 1. The van der Waals surface area contributed by atoms with E-state index in [1.165, 1.54) is 24.3 Å². The largest absolute Gasteiger partial charge is 0.454 e. The smallest absolute Gasteiger partial charge is 0.231 e. The summed E-state index contributed by atoms with van der Waals surface area (Å²) in [7, 11) is -3.70. The molecule has 0 amide bonds. The summed E-state index contributed by atoms with van der Waals surface area (Å²) in [6.45, 7) is -0.127. The maximum atomic E-state index is 13.2. The van der Waals surface area contributed by atoms with Gasteiger partial charge in [0, 0.05) is 22.9 Å². The molecule has 8 heteroatoms. The lowest BCUT2D eigenvalue weighted by atomic mass is 10.00. The van der Waals surface area contributed by atoms with E-state index in [0.717, 1.165) is 5.56 Å². The summed E-state index contributed by atoms with van der Waals surface area (Å²) in [5, 5.41) is 9.63. The molecule has 2 aromatic carbocycles. The van der Waals surface area contributed by atoms with Gasteiger partial charge in [0.05, 0.1) is 16.8 Å². The van der Waals surface area contributed by atoms with Crippen LogP contribution in [0.4, 0.5) is 0 Å². The van der Waals surface area contributed by atoms with Gasteiger partial charge in [-0.05, 0) is 42.0 Å². The van der Waals surface area contributed by atoms with Gasteiger partial charge >= 0.3 is 0 Å². The molecule has 0 unspecified atom stereocenters. The van der Waals surface area contributed by atoms with Gasteiger partial charge in [0.25, 0.3) is 0 Å². The minimum atomic E-state index is -3.70. The second-order valence-corrected chi connectivity index (χ2v) is 9.11. The number of halogens is 1. The first-order chi connectivity index (χ1) is 12.4. The summed E-state index contributed by atoms with van der Waals surface area (Å²) in [6, 6.07) is 11.3. The summed E-state index contributed by atoms with van der Waals surface area (Å²) in [4.78, 5) is 0.168. The predicted molar refractivity (Wildman–Crippen MR) is 96.3 cm³/mol. The molecule has 138 valence electrons. The number of aliphatic hydroxyl groups is 1. The third kappa shape index (κ3) is 2.50. The topological polar surface area (TPSA) is 98.8 Å². The van der Waals surface area contributed by atoms with Crippen LogP contribution < -0.4 is 15.2 Å². The van der Waals surface area contributed by atoms with Crippen molar-refractivity contribution < 1.29 is 23.0 Å². The Balaban J connectivity index is 1.76. The van der Waals surface area contributed by atoms with Gasteiger partial charge in [-0.2, -0.15) is 0 Å². The fourth-order valence-electron chi connectivity index (χ4n) is 3.82. The van der Waals surface area contributed by atoms with Crippen molar-refractivity contribution in [3.8, 4) is 11.5 Å².